The van der Waals surface area contributed by atoms with Crippen molar-refractivity contribution in [2.24, 2.45) is 0 Å². The van der Waals surface area contributed by atoms with Crippen LogP contribution in [-0.2, 0) is 14.6 Å². The number of hydrogen-bond donors (Lipinski definition) is 1. The number of benzene rings is 1. The van der Waals surface area contributed by atoms with Crippen molar-refractivity contribution in [3.05, 3.63) is 29.6 Å². The number of nitrogens with zero attached hydrogens (tertiary/aromatic N) is 1. The summed E-state index contributed by atoms with van der Waals surface area (Å²) < 4.78 is 36.6. The number of sulfone groups is 1. The zero-order chi connectivity index (χ0) is 16.5. The molecule has 122 valence electrons. The Morgan fingerprint density at radius 3 is 2.59 bits per heavy atom. The fourth-order valence-corrected chi connectivity index (χ4v) is 2.96. The van der Waals surface area contributed by atoms with Gasteiger partial charge in [0.2, 0.25) is 5.91 Å². The minimum Gasteiger partial charge on any atom is -0.342 e. The molecule has 22 heavy (non-hydrogen) atoms. The molecule has 0 radical (unpaired) electrons. The molecular weight excluding hydrogens is 307 g/mol. The molecule has 1 saturated carbocycles. The molecule has 1 aromatic carbocycles. The number of carbonyl (C=O) groups is 1. The minimum atomic E-state index is -3.57. The molecule has 1 N–H and O–H groups in total. The topological polar surface area (TPSA) is 66.5 Å². The Morgan fingerprint density at radius 2 is 2.09 bits per heavy atom. The van der Waals surface area contributed by atoms with E-state index >= 15 is 0 Å². The van der Waals surface area contributed by atoms with E-state index in [0.29, 0.717) is 11.6 Å². The van der Waals surface area contributed by atoms with E-state index in [9.17, 15) is 17.6 Å². The summed E-state index contributed by atoms with van der Waals surface area (Å²) >= 11 is 0. The van der Waals surface area contributed by atoms with Gasteiger partial charge in [0.1, 0.15) is 10.7 Å². The van der Waals surface area contributed by atoms with E-state index in [1.165, 1.54) is 12.1 Å². The second-order valence-corrected chi connectivity index (χ2v) is 7.78. The van der Waals surface area contributed by atoms with E-state index in [1.54, 1.807) is 24.9 Å². The summed E-state index contributed by atoms with van der Waals surface area (Å²) in [6.07, 6.45) is 3.07. The highest BCUT2D eigenvalue weighted by Crippen LogP contribution is 2.25. The molecule has 5 nitrogen and oxygen atoms in total. The Kier molecular flexibility index (Phi) is 4.87. The molecule has 7 heteroatoms. The average Bonchev–Trinajstić information content (AvgIpc) is 3.26. The number of hydrogen-bond acceptors (Lipinski definition) is 4. The summed E-state index contributed by atoms with van der Waals surface area (Å²) in [4.78, 5) is 13.3. The maximum atomic E-state index is 13.9. The van der Waals surface area contributed by atoms with E-state index in [2.05, 4.69) is 5.32 Å². The van der Waals surface area contributed by atoms with Gasteiger partial charge >= 0.3 is 0 Å². The molecule has 1 aliphatic rings. The fraction of sp³-hybridized carbons (Fsp3) is 0.533. The normalized spacial score (nSPS) is 16.4. The van der Waals surface area contributed by atoms with Gasteiger partial charge in [0.05, 0.1) is 6.54 Å². The molecule has 1 atom stereocenters. The van der Waals surface area contributed by atoms with E-state index in [-0.39, 0.29) is 23.4 Å². The Hall–Kier alpha value is -1.47. The summed E-state index contributed by atoms with van der Waals surface area (Å²) in [6.45, 7) is 1.98. The smallest absolute Gasteiger partial charge is 0.236 e. The summed E-state index contributed by atoms with van der Waals surface area (Å²) in [5, 5.41) is 3.04. The first-order chi connectivity index (χ1) is 10.2. The van der Waals surface area contributed by atoms with E-state index in [1.807, 2.05) is 0 Å². The second-order valence-electron chi connectivity index (χ2n) is 5.80. The number of halogens is 1. The summed E-state index contributed by atoms with van der Waals surface area (Å²) in [6, 6.07) is 4.13. The van der Waals surface area contributed by atoms with Crippen molar-refractivity contribution in [1.29, 1.82) is 0 Å². The lowest BCUT2D eigenvalue weighted by Crippen LogP contribution is -2.37. The van der Waals surface area contributed by atoms with Gasteiger partial charge in [-0.25, -0.2) is 12.8 Å². The van der Waals surface area contributed by atoms with Crippen LogP contribution in [0.3, 0.4) is 0 Å². The van der Waals surface area contributed by atoms with Crippen molar-refractivity contribution in [2.45, 2.75) is 36.7 Å². The number of nitrogens with one attached hydrogen (secondary N) is 1. The molecule has 0 bridgehead atoms. The van der Waals surface area contributed by atoms with Gasteiger partial charge in [-0.2, -0.15) is 0 Å². The molecule has 1 amide bonds. The molecule has 0 unspecified atom stereocenters. The summed E-state index contributed by atoms with van der Waals surface area (Å²) in [5.41, 5.74) is 0.603. The third-order valence-electron chi connectivity index (χ3n) is 3.90. The molecule has 1 aliphatic carbocycles. The van der Waals surface area contributed by atoms with Gasteiger partial charge in [-0.15, -0.1) is 0 Å². The van der Waals surface area contributed by atoms with Crippen molar-refractivity contribution >= 4 is 15.7 Å². The zero-order valence-electron chi connectivity index (χ0n) is 13.0. The first-order valence-electron chi connectivity index (χ1n) is 7.18. The third-order valence-corrected chi connectivity index (χ3v) is 5.03. The largest absolute Gasteiger partial charge is 0.342 e. The van der Waals surface area contributed by atoms with Gasteiger partial charge in [0.15, 0.2) is 9.84 Å². The van der Waals surface area contributed by atoms with Gasteiger partial charge in [-0.3, -0.25) is 4.79 Å². The van der Waals surface area contributed by atoms with Gasteiger partial charge in [-0.05, 0) is 37.5 Å². The first kappa shape index (κ1) is 16.9. The van der Waals surface area contributed by atoms with Crippen molar-refractivity contribution in [3.63, 3.8) is 0 Å². The molecule has 0 spiro atoms. The average molecular weight is 328 g/mol. The lowest BCUT2D eigenvalue weighted by molar-refractivity contribution is -0.129. The molecule has 2 rings (SSSR count). The molecule has 0 aliphatic heterocycles. The second kappa shape index (κ2) is 6.34. The molecule has 0 saturated heterocycles. The SMILES string of the molecule is C[C@@H](NCC(=O)N(C)C1CC1)c1ccc(S(C)(=O)=O)c(F)c1. The Labute approximate surface area is 130 Å². The van der Waals surface area contributed by atoms with Gasteiger partial charge in [0.25, 0.3) is 0 Å². The molecule has 0 heterocycles. The van der Waals surface area contributed by atoms with Crippen LogP contribution in [0.15, 0.2) is 23.1 Å². The monoisotopic (exact) mass is 328 g/mol. The molecular formula is C15H21FN2O3S. The van der Waals surface area contributed by atoms with E-state index in [0.717, 1.165) is 19.1 Å². The highest BCUT2D eigenvalue weighted by molar-refractivity contribution is 7.90. The van der Waals surface area contributed by atoms with Gasteiger partial charge in [-0.1, -0.05) is 6.07 Å². The maximum absolute atomic E-state index is 13.9. The van der Waals surface area contributed by atoms with Crippen LogP contribution in [0.25, 0.3) is 0 Å². The van der Waals surface area contributed by atoms with Gasteiger partial charge < -0.3 is 10.2 Å². The summed E-state index contributed by atoms with van der Waals surface area (Å²) in [7, 11) is -1.79. The van der Waals surface area contributed by atoms with Crippen LogP contribution >= 0.6 is 0 Å². The lowest BCUT2D eigenvalue weighted by atomic mass is 10.1. The number of rotatable bonds is 6. The van der Waals surface area contributed by atoms with E-state index < -0.39 is 15.7 Å². The Morgan fingerprint density at radius 1 is 1.45 bits per heavy atom. The highest BCUT2D eigenvalue weighted by atomic mass is 32.2. The van der Waals surface area contributed by atoms with Crippen LogP contribution in [0.1, 0.15) is 31.4 Å². The lowest BCUT2D eigenvalue weighted by Gasteiger charge is -2.19. The van der Waals surface area contributed by atoms with Crippen LogP contribution in [-0.4, -0.2) is 45.1 Å². The van der Waals surface area contributed by atoms with Crippen molar-refractivity contribution in [3.8, 4) is 0 Å². The van der Waals surface area contributed by atoms with Crippen molar-refractivity contribution < 1.29 is 17.6 Å². The zero-order valence-corrected chi connectivity index (χ0v) is 13.8. The third kappa shape index (κ3) is 4.04. The quantitative estimate of drug-likeness (QED) is 0.859. The van der Waals surface area contributed by atoms with Crippen LogP contribution in [0.4, 0.5) is 4.39 Å². The Bertz CT molecular complexity index is 671. The molecule has 1 fully saturated rings. The standard InChI is InChI=1S/C15H21FN2O3S/c1-10(17-9-15(19)18(2)12-5-6-12)11-4-7-14(13(16)8-11)22(3,20)21/h4,7-8,10,12,17H,5-6,9H2,1-3H3/t10-/m1/s1. The highest BCUT2D eigenvalue weighted by Gasteiger charge is 2.29. The minimum absolute atomic E-state index is 0.00239. The predicted molar refractivity (Wildman–Crippen MR) is 81.7 cm³/mol. The molecule has 1 aromatic rings. The van der Waals surface area contributed by atoms with Crippen LogP contribution in [0, 0.1) is 5.82 Å². The van der Waals surface area contributed by atoms with E-state index in [4.69, 9.17) is 0 Å². The van der Waals surface area contributed by atoms with Crippen LogP contribution in [0.2, 0.25) is 0 Å². The van der Waals surface area contributed by atoms with Crippen LogP contribution in [0.5, 0.6) is 0 Å². The Balaban J connectivity index is 1.99. The fourth-order valence-electron chi connectivity index (χ4n) is 2.24. The number of likely N-dealkylation sites (N-methyl/N-ethyl adjacent to an activating group) is 1. The maximum Gasteiger partial charge on any atom is 0.236 e. The first-order valence-corrected chi connectivity index (χ1v) is 9.08. The van der Waals surface area contributed by atoms with Crippen molar-refractivity contribution in [2.75, 3.05) is 19.8 Å². The van der Waals surface area contributed by atoms with Crippen LogP contribution < -0.4 is 5.32 Å². The number of carbonyl (C=O) groups excluding carboxylic acids is 1. The van der Waals surface area contributed by atoms with Gasteiger partial charge in [0, 0.05) is 25.4 Å². The van der Waals surface area contributed by atoms with Crippen molar-refractivity contribution in [1.82, 2.24) is 10.2 Å². The predicted octanol–water partition coefficient (Wildman–Crippen LogP) is 1.50. The number of amides is 1. The summed E-state index contributed by atoms with van der Waals surface area (Å²) in [5.74, 6) is -0.766. The molecule has 0 aromatic heterocycles.